The molecule has 0 aliphatic rings. The number of H-pyrrole nitrogens is 1. The maximum Gasteiger partial charge on any atom is 0.434 e. The van der Waals surface area contributed by atoms with Crippen LogP contribution in [0.2, 0.25) is 0 Å². The summed E-state index contributed by atoms with van der Waals surface area (Å²) in [6.45, 7) is 0.417. The third-order valence-corrected chi connectivity index (χ3v) is 3.21. The highest BCUT2D eigenvalue weighted by Gasteiger charge is 2.33. The molecule has 2 aromatic rings. The van der Waals surface area contributed by atoms with E-state index in [1.54, 1.807) is 0 Å². The number of hydrogen-bond acceptors (Lipinski definition) is 5. The molecule has 0 radical (unpaired) electrons. The molecule has 0 aliphatic carbocycles. The Bertz CT molecular complexity index is 785. The van der Waals surface area contributed by atoms with Crippen molar-refractivity contribution in [2.24, 2.45) is 0 Å². The summed E-state index contributed by atoms with van der Waals surface area (Å²) in [6, 6.07) is 3.22. The second-order valence-corrected chi connectivity index (χ2v) is 5.04. The lowest BCUT2D eigenvalue weighted by Crippen LogP contribution is -2.22. The van der Waals surface area contributed by atoms with E-state index in [4.69, 9.17) is 9.52 Å². The SMILES string of the molecule is O=C(O)NCCCCNc1cc(-c2n[nH]c(=O)o2)ccc1C(F)(F)F. The molecule has 0 spiro atoms. The number of anilines is 1. The number of aromatic nitrogens is 2. The Labute approximate surface area is 139 Å². The molecule has 1 aromatic carbocycles. The molecule has 0 saturated carbocycles. The van der Waals surface area contributed by atoms with Crippen LogP contribution in [-0.2, 0) is 6.18 Å². The molecule has 1 aromatic heterocycles. The summed E-state index contributed by atoms with van der Waals surface area (Å²) in [6.07, 6.45) is -4.79. The molecule has 0 bridgehead atoms. The van der Waals surface area contributed by atoms with Crippen molar-refractivity contribution >= 4 is 11.8 Å². The number of rotatable bonds is 7. The second-order valence-electron chi connectivity index (χ2n) is 5.04. The largest absolute Gasteiger partial charge is 0.465 e. The molecule has 1 heterocycles. The molecule has 2 rings (SSSR count). The number of amides is 1. The summed E-state index contributed by atoms with van der Waals surface area (Å²) in [5, 5.41) is 18.9. The maximum absolute atomic E-state index is 13.1. The van der Waals surface area contributed by atoms with E-state index in [0.717, 1.165) is 12.1 Å². The van der Waals surface area contributed by atoms with Crippen LogP contribution in [0.4, 0.5) is 23.7 Å². The maximum atomic E-state index is 13.1. The van der Waals surface area contributed by atoms with Gasteiger partial charge in [0, 0.05) is 24.3 Å². The van der Waals surface area contributed by atoms with Crippen LogP contribution in [0.1, 0.15) is 18.4 Å². The Morgan fingerprint density at radius 2 is 2.00 bits per heavy atom. The summed E-state index contributed by atoms with van der Waals surface area (Å²) in [5.41, 5.74) is -0.832. The molecule has 0 fully saturated rings. The number of carbonyl (C=O) groups is 1. The van der Waals surface area contributed by atoms with E-state index in [0.29, 0.717) is 12.8 Å². The number of nitrogens with zero attached hydrogens (tertiary/aromatic N) is 1. The number of halogens is 3. The van der Waals surface area contributed by atoms with Crippen molar-refractivity contribution in [3.63, 3.8) is 0 Å². The van der Waals surface area contributed by atoms with Crippen molar-refractivity contribution in [1.82, 2.24) is 15.5 Å². The smallest absolute Gasteiger partial charge is 0.434 e. The van der Waals surface area contributed by atoms with Crippen LogP contribution in [0.5, 0.6) is 0 Å². The normalized spacial score (nSPS) is 11.3. The van der Waals surface area contributed by atoms with Crippen molar-refractivity contribution < 1.29 is 27.5 Å². The van der Waals surface area contributed by atoms with Crippen molar-refractivity contribution in [1.29, 1.82) is 0 Å². The first kappa shape index (κ1) is 18.4. The van der Waals surface area contributed by atoms with Crippen molar-refractivity contribution in [2.45, 2.75) is 19.0 Å². The fourth-order valence-corrected chi connectivity index (χ4v) is 2.09. The monoisotopic (exact) mass is 360 g/mol. The van der Waals surface area contributed by atoms with Gasteiger partial charge in [0.25, 0.3) is 0 Å². The molecular formula is C14H15F3N4O4. The summed E-state index contributed by atoms with van der Waals surface area (Å²) < 4.78 is 44.0. The minimum absolute atomic E-state index is 0.118. The lowest BCUT2D eigenvalue weighted by molar-refractivity contribution is -0.136. The minimum atomic E-state index is -4.56. The molecule has 0 saturated heterocycles. The predicted molar refractivity (Wildman–Crippen MR) is 81.3 cm³/mol. The van der Waals surface area contributed by atoms with Crippen LogP contribution in [0, 0.1) is 0 Å². The van der Waals surface area contributed by atoms with Gasteiger partial charge in [-0.05, 0) is 31.0 Å². The molecular weight excluding hydrogens is 345 g/mol. The Hall–Kier alpha value is -2.98. The van der Waals surface area contributed by atoms with Crippen LogP contribution in [-0.4, -0.2) is 34.5 Å². The van der Waals surface area contributed by atoms with E-state index in [2.05, 4.69) is 15.7 Å². The Morgan fingerprint density at radius 3 is 2.60 bits per heavy atom. The molecule has 0 unspecified atom stereocenters. The van der Waals surface area contributed by atoms with Gasteiger partial charge in [0.15, 0.2) is 0 Å². The lowest BCUT2D eigenvalue weighted by atomic mass is 10.1. The standard InChI is InChI=1S/C14H15F3N4O4/c15-14(16,17)9-4-3-8(11-20-21-13(24)25-11)7-10(9)18-5-1-2-6-19-12(22)23/h3-4,7,18-19H,1-2,5-6H2,(H,21,24)(H,22,23). The molecule has 11 heteroatoms. The highest BCUT2D eigenvalue weighted by Crippen LogP contribution is 2.36. The van der Waals surface area contributed by atoms with Crippen LogP contribution >= 0.6 is 0 Å². The molecule has 25 heavy (non-hydrogen) atoms. The fourth-order valence-electron chi connectivity index (χ4n) is 2.09. The zero-order chi connectivity index (χ0) is 18.4. The van der Waals surface area contributed by atoms with Crippen LogP contribution in [0.3, 0.4) is 0 Å². The Kier molecular flexibility index (Phi) is 5.67. The van der Waals surface area contributed by atoms with Crippen molar-refractivity contribution in [3.8, 4) is 11.5 Å². The Morgan fingerprint density at radius 1 is 1.28 bits per heavy atom. The third-order valence-electron chi connectivity index (χ3n) is 3.21. The van der Waals surface area contributed by atoms with E-state index < -0.39 is 23.6 Å². The number of benzene rings is 1. The molecule has 4 N–H and O–H groups in total. The molecule has 8 nitrogen and oxygen atoms in total. The average molecular weight is 360 g/mol. The average Bonchev–Trinajstić information content (AvgIpc) is 2.96. The fraction of sp³-hybridized carbons (Fsp3) is 0.357. The van der Waals surface area contributed by atoms with Gasteiger partial charge < -0.3 is 20.2 Å². The lowest BCUT2D eigenvalue weighted by Gasteiger charge is -2.15. The number of aromatic amines is 1. The first-order valence-electron chi connectivity index (χ1n) is 7.25. The molecule has 0 aliphatic heterocycles. The zero-order valence-corrected chi connectivity index (χ0v) is 12.8. The van der Waals surface area contributed by atoms with E-state index in [9.17, 15) is 22.8 Å². The van der Waals surface area contributed by atoms with Gasteiger partial charge >= 0.3 is 18.0 Å². The number of hydrogen-bond donors (Lipinski definition) is 4. The van der Waals surface area contributed by atoms with E-state index in [1.165, 1.54) is 6.07 Å². The van der Waals surface area contributed by atoms with Crippen LogP contribution in [0.15, 0.2) is 27.4 Å². The van der Waals surface area contributed by atoms with Gasteiger partial charge in [0.1, 0.15) is 0 Å². The predicted octanol–water partition coefficient (Wildman–Crippen LogP) is 2.51. The number of nitrogens with one attached hydrogen (secondary N) is 3. The van der Waals surface area contributed by atoms with E-state index >= 15 is 0 Å². The highest BCUT2D eigenvalue weighted by atomic mass is 19.4. The van der Waals surface area contributed by atoms with Gasteiger partial charge in [-0.25, -0.2) is 14.7 Å². The van der Waals surface area contributed by atoms with Gasteiger partial charge in [-0.2, -0.15) is 13.2 Å². The van der Waals surface area contributed by atoms with Gasteiger partial charge in [-0.15, -0.1) is 5.10 Å². The first-order chi connectivity index (χ1) is 11.8. The topological polar surface area (TPSA) is 120 Å². The summed E-state index contributed by atoms with van der Waals surface area (Å²) in [5.74, 6) is -0.928. The summed E-state index contributed by atoms with van der Waals surface area (Å²) >= 11 is 0. The van der Waals surface area contributed by atoms with Crippen molar-refractivity contribution in [2.75, 3.05) is 18.4 Å². The van der Waals surface area contributed by atoms with Crippen LogP contribution < -0.4 is 16.4 Å². The summed E-state index contributed by atoms with van der Waals surface area (Å²) in [7, 11) is 0. The molecule has 136 valence electrons. The zero-order valence-electron chi connectivity index (χ0n) is 12.8. The third kappa shape index (κ3) is 5.26. The summed E-state index contributed by atoms with van der Waals surface area (Å²) in [4.78, 5) is 21.3. The van der Waals surface area contributed by atoms with Gasteiger partial charge in [-0.3, -0.25) is 0 Å². The Balaban J connectivity index is 2.10. The first-order valence-corrected chi connectivity index (χ1v) is 7.25. The number of alkyl halides is 3. The van der Waals surface area contributed by atoms with Crippen LogP contribution in [0.25, 0.3) is 11.5 Å². The van der Waals surface area contributed by atoms with E-state index in [1.807, 2.05) is 5.10 Å². The molecule has 0 atom stereocenters. The minimum Gasteiger partial charge on any atom is -0.465 e. The second kappa shape index (κ2) is 7.73. The number of carboxylic acid groups (broad SMARTS) is 1. The van der Waals surface area contributed by atoms with Gasteiger partial charge in [0.2, 0.25) is 5.89 Å². The quantitative estimate of drug-likeness (QED) is 0.563. The van der Waals surface area contributed by atoms with Gasteiger partial charge in [0.05, 0.1) is 5.56 Å². The van der Waals surface area contributed by atoms with Gasteiger partial charge in [-0.1, -0.05) is 0 Å². The van der Waals surface area contributed by atoms with E-state index in [-0.39, 0.29) is 30.2 Å². The highest BCUT2D eigenvalue weighted by molar-refractivity contribution is 5.65. The van der Waals surface area contributed by atoms with Crippen molar-refractivity contribution in [3.05, 3.63) is 34.3 Å². The molecule has 1 amide bonds. The number of unbranched alkanes of at least 4 members (excludes halogenated alkanes) is 1.